The molecule has 0 aliphatic carbocycles. The summed E-state index contributed by atoms with van der Waals surface area (Å²) in [6, 6.07) is 2.54. The molecule has 2 nitrogen and oxygen atoms in total. The van der Waals surface area contributed by atoms with Crippen molar-refractivity contribution in [1.82, 2.24) is 10.3 Å². The number of hydrogen-bond donors (Lipinski definition) is 1. The van der Waals surface area contributed by atoms with Crippen molar-refractivity contribution in [2.45, 2.75) is 33.2 Å². The highest BCUT2D eigenvalue weighted by molar-refractivity contribution is 7.11. The van der Waals surface area contributed by atoms with E-state index in [-0.39, 0.29) is 0 Å². The van der Waals surface area contributed by atoms with Crippen molar-refractivity contribution >= 4 is 22.7 Å². The molecule has 2 aromatic heterocycles. The van der Waals surface area contributed by atoms with Crippen molar-refractivity contribution in [1.29, 1.82) is 0 Å². The van der Waals surface area contributed by atoms with Crippen LogP contribution in [0, 0.1) is 13.8 Å². The summed E-state index contributed by atoms with van der Waals surface area (Å²) in [6.45, 7) is 7.42. The van der Waals surface area contributed by atoms with E-state index in [0.717, 1.165) is 18.0 Å². The Labute approximate surface area is 111 Å². The number of thiazole rings is 1. The molecular formula is C13H18N2S2. The largest absolute Gasteiger partial charge is 0.308 e. The quantitative estimate of drug-likeness (QED) is 0.892. The Kier molecular flexibility index (Phi) is 4.31. The minimum atomic E-state index is 0.346. The Bertz CT molecular complexity index is 460. The molecule has 17 heavy (non-hydrogen) atoms. The van der Waals surface area contributed by atoms with Crippen LogP contribution in [-0.2, 0) is 6.42 Å². The van der Waals surface area contributed by atoms with Gasteiger partial charge >= 0.3 is 0 Å². The van der Waals surface area contributed by atoms with Crippen LogP contribution in [0.15, 0.2) is 16.8 Å². The minimum absolute atomic E-state index is 0.346. The molecule has 2 aromatic rings. The molecule has 0 bridgehead atoms. The fraction of sp³-hybridized carbons (Fsp3) is 0.462. The zero-order valence-corrected chi connectivity index (χ0v) is 12.1. The Hall–Kier alpha value is -0.710. The molecule has 0 fully saturated rings. The first kappa shape index (κ1) is 12.7. The number of nitrogens with zero attached hydrogens (tertiary/aromatic N) is 1. The summed E-state index contributed by atoms with van der Waals surface area (Å²) in [6.07, 6.45) is 1.09. The normalized spacial score (nSPS) is 12.9. The van der Waals surface area contributed by atoms with Crippen LogP contribution >= 0.6 is 22.7 Å². The Balaban J connectivity index is 1.85. The monoisotopic (exact) mass is 266 g/mol. The Morgan fingerprint density at radius 3 is 2.82 bits per heavy atom. The average molecular weight is 266 g/mol. The maximum Gasteiger partial charge on any atom is 0.0900 e. The van der Waals surface area contributed by atoms with Gasteiger partial charge in [-0.3, -0.25) is 0 Å². The number of hydrogen-bond acceptors (Lipinski definition) is 4. The van der Waals surface area contributed by atoms with Gasteiger partial charge in [-0.2, -0.15) is 11.3 Å². The van der Waals surface area contributed by atoms with E-state index in [4.69, 9.17) is 0 Å². The van der Waals surface area contributed by atoms with Gasteiger partial charge in [0.05, 0.1) is 10.7 Å². The smallest absolute Gasteiger partial charge is 0.0900 e. The number of nitrogens with one attached hydrogen (secondary N) is 1. The lowest BCUT2D eigenvalue weighted by Crippen LogP contribution is -2.22. The highest BCUT2D eigenvalue weighted by atomic mass is 32.1. The van der Waals surface area contributed by atoms with Crippen LogP contribution in [-0.4, -0.2) is 11.5 Å². The maximum absolute atomic E-state index is 4.58. The van der Waals surface area contributed by atoms with Crippen molar-refractivity contribution in [3.63, 3.8) is 0 Å². The molecule has 1 N–H and O–H groups in total. The number of aryl methyl sites for hydroxylation is 2. The zero-order valence-electron chi connectivity index (χ0n) is 10.5. The molecule has 0 radical (unpaired) electrons. The molecule has 0 amide bonds. The molecule has 0 saturated heterocycles. The third-order valence-corrected chi connectivity index (χ3v) is 4.43. The van der Waals surface area contributed by atoms with E-state index < -0.39 is 0 Å². The first-order valence-electron chi connectivity index (χ1n) is 5.85. The van der Waals surface area contributed by atoms with Crippen LogP contribution in [0.3, 0.4) is 0 Å². The summed E-state index contributed by atoms with van der Waals surface area (Å²) in [7, 11) is 0. The van der Waals surface area contributed by atoms with Gasteiger partial charge < -0.3 is 5.32 Å². The predicted molar refractivity (Wildman–Crippen MR) is 76.0 cm³/mol. The lowest BCUT2D eigenvalue weighted by atomic mass is 10.2. The van der Waals surface area contributed by atoms with Gasteiger partial charge in [-0.15, -0.1) is 11.3 Å². The second-order valence-electron chi connectivity index (χ2n) is 4.23. The van der Waals surface area contributed by atoms with E-state index in [2.05, 4.69) is 47.9 Å². The molecule has 2 heterocycles. The van der Waals surface area contributed by atoms with Crippen molar-refractivity contribution < 1.29 is 0 Å². The van der Waals surface area contributed by atoms with Gasteiger partial charge in [0.2, 0.25) is 0 Å². The van der Waals surface area contributed by atoms with Crippen LogP contribution in [0.4, 0.5) is 0 Å². The van der Waals surface area contributed by atoms with E-state index in [1.54, 1.807) is 22.7 Å². The maximum atomic E-state index is 4.58. The van der Waals surface area contributed by atoms with Gasteiger partial charge in [-0.05, 0) is 56.1 Å². The van der Waals surface area contributed by atoms with Crippen LogP contribution in [0.1, 0.15) is 34.1 Å². The lowest BCUT2D eigenvalue weighted by molar-refractivity contribution is 0.564. The van der Waals surface area contributed by atoms with Gasteiger partial charge in [0.25, 0.3) is 0 Å². The summed E-state index contributed by atoms with van der Waals surface area (Å²) >= 11 is 3.54. The van der Waals surface area contributed by atoms with Gasteiger partial charge in [-0.25, -0.2) is 4.98 Å². The topological polar surface area (TPSA) is 24.9 Å². The van der Waals surface area contributed by atoms with Crippen LogP contribution in [0.25, 0.3) is 0 Å². The third-order valence-electron chi connectivity index (χ3n) is 2.79. The molecule has 0 saturated carbocycles. The standard InChI is InChI=1S/C13H18N2S2/c1-9(13-10(2)17-11(3)15-13)14-6-4-12-5-7-16-8-12/h5,7-9,14H,4,6H2,1-3H3. The molecule has 0 spiro atoms. The average Bonchev–Trinajstić information content (AvgIpc) is 2.88. The molecule has 2 rings (SSSR count). The summed E-state index contributed by atoms with van der Waals surface area (Å²) in [4.78, 5) is 5.92. The minimum Gasteiger partial charge on any atom is -0.308 e. The molecule has 0 aliphatic heterocycles. The van der Waals surface area contributed by atoms with Crippen LogP contribution in [0.5, 0.6) is 0 Å². The van der Waals surface area contributed by atoms with E-state index in [1.165, 1.54) is 16.1 Å². The summed E-state index contributed by atoms with van der Waals surface area (Å²) in [5.74, 6) is 0. The first-order valence-corrected chi connectivity index (χ1v) is 7.61. The second kappa shape index (κ2) is 5.76. The highest BCUT2D eigenvalue weighted by Gasteiger charge is 2.12. The van der Waals surface area contributed by atoms with Gasteiger partial charge in [0.15, 0.2) is 0 Å². The summed E-state index contributed by atoms with van der Waals surface area (Å²) in [5.41, 5.74) is 2.62. The summed E-state index contributed by atoms with van der Waals surface area (Å²) < 4.78 is 0. The van der Waals surface area contributed by atoms with Gasteiger partial charge in [0.1, 0.15) is 0 Å². The van der Waals surface area contributed by atoms with Crippen LogP contribution < -0.4 is 5.32 Å². The molecule has 0 aliphatic rings. The zero-order chi connectivity index (χ0) is 12.3. The van der Waals surface area contributed by atoms with Crippen molar-refractivity contribution in [3.8, 4) is 0 Å². The molecule has 1 atom stereocenters. The van der Waals surface area contributed by atoms with E-state index in [9.17, 15) is 0 Å². The fourth-order valence-electron chi connectivity index (χ4n) is 1.91. The molecule has 4 heteroatoms. The van der Waals surface area contributed by atoms with Crippen molar-refractivity contribution in [3.05, 3.63) is 38.0 Å². The number of rotatable bonds is 5. The van der Waals surface area contributed by atoms with E-state index in [1.807, 2.05) is 0 Å². The number of thiophene rings is 1. The summed E-state index contributed by atoms with van der Waals surface area (Å²) in [5, 5.41) is 9.04. The fourth-order valence-corrected chi connectivity index (χ4v) is 3.53. The Morgan fingerprint density at radius 1 is 1.41 bits per heavy atom. The Morgan fingerprint density at radius 2 is 2.24 bits per heavy atom. The van der Waals surface area contributed by atoms with E-state index >= 15 is 0 Å². The first-order chi connectivity index (χ1) is 8.16. The van der Waals surface area contributed by atoms with Crippen molar-refractivity contribution in [2.24, 2.45) is 0 Å². The molecular weight excluding hydrogens is 248 g/mol. The van der Waals surface area contributed by atoms with Gasteiger partial charge in [0, 0.05) is 10.9 Å². The predicted octanol–water partition coefficient (Wildman–Crippen LogP) is 3.71. The SMILES string of the molecule is Cc1nc(C(C)NCCc2ccsc2)c(C)s1. The third kappa shape index (κ3) is 3.37. The van der Waals surface area contributed by atoms with Gasteiger partial charge in [-0.1, -0.05) is 0 Å². The number of aromatic nitrogens is 1. The van der Waals surface area contributed by atoms with Crippen LogP contribution in [0.2, 0.25) is 0 Å². The molecule has 92 valence electrons. The lowest BCUT2D eigenvalue weighted by Gasteiger charge is -2.12. The van der Waals surface area contributed by atoms with E-state index in [0.29, 0.717) is 6.04 Å². The van der Waals surface area contributed by atoms with Crippen molar-refractivity contribution in [2.75, 3.05) is 6.54 Å². The second-order valence-corrected chi connectivity index (χ2v) is 6.42. The molecule has 0 aromatic carbocycles. The highest BCUT2D eigenvalue weighted by Crippen LogP contribution is 2.22. The molecule has 1 unspecified atom stereocenters.